The summed E-state index contributed by atoms with van der Waals surface area (Å²) < 4.78 is 10.5. The van der Waals surface area contributed by atoms with Crippen LogP contribution in [0.15, 0.2) is 36.4 Å². The van der Waals surface area contributed by atoms with E-state index in [2.05, 4.69) is 5.32 Å². The SMILES string of the molecule is Oc1cccc(CNc2cc3c(cc2Cl)OCO3)c1. The van der Waals surface area contributed by atoms with Crippen molar-refractivity contribution in [3.8, 4) is 17.2 Å². The van der Waals surface area contributed by atoms with Gasteiger partial charge in [-0.3, -0.25) is 0 Å². The van der Waals surface area contributed by atoms with E-state index in [9.17, 15) is 5.11 Å². The largest absolute Gasteiger partial charge is 0.508 e. The lowest BCUT2D eigenvalue weighted by atomic mass is 10.2. The number of phenolic OH excluding ortho intramolecular Hbond substituents is 1. The normalized spacial score (nSPS) is 12.5. The van der Waals surface area contributed by atoms with Crippen LogP contribution in [0.4, 0.5) is 5.69 Å². The Kier molecular flexibility index (Phi) is 3.09. The first-order valence-corrected chi connectivity index (χ1v) is 6.21. The van der Waals surface area contributed by atoms with E-state index in [-0.39, 0.29) is 12.5 Å². The zero-order valence-electron chi connectivity index (χ0n) is 10.0. The molecule has 0 saturated heterocycles. The van der Waals surface area contributed by atoms with Gasteiger partial charge in [-0.25, -0.2) is 0 Å². The molecule has 0 amide bonds. The fourth-order valence-electron chi connectivity index (χ4n) is 1.92. The minimum atomic E-state index is 0.224. The molecule has 0 saturated carbocycles. The van der Waals surface area contributed by atoms with Gasteiger partial charge in [0.05, 0.1) is 10.7 Å². The molecule has 0 fully saturated rings. The highest BCUT2D eigenvalue weighted by molar-refractivity contribution is 6.33. The van der Waals surface area contributed by atoms with Crippen LogP contribution in [-0.4, -0.2) is 11.9 Å². The topological polar surface area (TPSA) is 50.7 Å². The van der Waals surface area contributed by atoms with E-state index in [1.54, 1.807) is 24.3 Å². The molecule has 1 heterocycles. The minimum Gasteiger partial charge on any atom is -0.508 e. The Morgan fingerprint density at radius 1 is 1.16 bits per heavy atom. The van der Waals surface area contributed by atoms with Crippen LogP contribution in [0.2, 0.25) is 5.02 Å². The summed E-state index contributed by atoms with van der Waals surface area (Å²) in [4.78, 5) is 0. The third-order valence-electron chi connectivity index (χ3n) is 2.86. The maximum Gasteiger partial charge on any atom is 0.231 e. The number of nitrogens with one attached hydrogen (secondary N) is 1. The maximum atomic E-state index is 9.40. The van der Waals surface area contributed by atoms with Crippen molar-refractivity contribution < 1.29 is 14.6 Å². The number of fused-ring (bicyclic) bond motifs is 1. The van der Waals surface area contributed by atoms with Gasteiger partial charge in [-0.2, -0.15) is 0 Å². The van der Waals surface area contributed by atoms with Crippen LogP contribution >= 0.6 is 11.6 Å². The Morgan fingerprint density at radius 2 is 1.95 bits per heavy atom. The average molecular weight is 278 g/mol. The first-order valence-electron chi connectivity index (χ1n) is 5.83. The minimum absolute atomic E-state index is 0.224. The van der Waals surface area contributed by atoms with Crippen molar-refractivity contribution in [2.24, 2.45) is 0 Å². The van der Waals surface area contributed by atoms with Gasteiger partial charge < -0.3 is 19.9 Å². The predicted molar refractivity (Wildman–Crippen MR) is 73.0 cm³/mol. The molecule has 98 valence electrons. The monoisotopic (exact) mass is 277 g/mol. The van der Waals surface area contributed by atoms with Gasteiger partial charge >= 0.3 is 0 Å². The van der Waals surface area contributed by atoms with Crippen molar-refractivity contribution >= 4 is 17.3 Å². The smallest absolute Gasteiger partial charge is 0.231 e. The third-order valence-corrected chi connectivity index (χ3v) is 3.17. The predicted octanol–water partition coefficient (Wildman–Crippen LogP) is 3.39. The average Bonchev–Trinajstić information content (AvgIpc) is 2.83. The van der Waals surface area contributed by atoms with E-state index >= 15 is 0 Å². The number of halogens is 1. The lowest BCUT2D eigenvalue weighted by molar-refractivity contribution is 0.174. The second kappa shape index (κ2) is 4.90. The number of ether oxygens (including phenoxy) is 2. The highest BCUT2D eigenvalue weighted by atomic mass is 35.5. The fraction of sp³-hybridized carbons (Fsp3) is 0.143. The van der Waals surface area contributed by atoms with Gasteiger partial charge in [0.15, 0.2) is 11.5 Å². The van der Waals surface area contributed by atoms with Gasteiger partial charge in [0.25, 0.3) is 0 Å². The molecule has 3 rings (SSSR count). The summed E-state index contributed by atoms with van der Waals surface area (Å²) in [5.74, 6) is 1.59. The summed E-state index contributed by atoms with van der Waals surface area (Å²) in [7, 11) is 0. The van der Waals surface area contributed by atoms with E-state index < -0.39 is 0 Å². The standard InChI is InChI=1S/C14H12ClNO3/c15-11-5-13-14(19-8-18-13)6-12(11)16-7-9-2-1-3-10(17)4-9/h1-6,16-17H,7-8H2. The molecule has 2 aromatic carbocycles. The molecule has 1 aliphatic heterocycles. The highest BCUT2D eigenvalue weighted by Crippen LogP contribution is 2.39. The molecule has 2 aromatic rings. The summed E-state index contributed by atoms with van der Waals surface area (Å²) in [6.45, 7) is 0.787. The highest BCUT2D eigenvalue weighted by Gasteiger charge is 2.16. The van der Waals surface area contributed by atoms with Crippen LogP contribution in [0.1, 0.15) is 5.56 Å². The van der Waals surface area contributed by atoms with Crippen LogP contribution in [0.3, 0.4) is 0 Å². The van der Waals surface area contributed by atoms with Crippen molar-refractivity contribution in [2.75, 3.05) is 12.1 Å². The molecule has 0 aliphatic carbocycles. The summed E-state index contributed by atoms with van der Waals surface area (Å²) in [6, 6.07) is 10.6. The molecule has 2 N–H and O–H groups in total. The molecule has 0 unspecified atom stereocenters. The molecule has 0 bridgehead atoms. The number of hydrogen-bond acceptors (Lipinski definition) is 4. The van der Waals surface area contributed by atoms with Crippen LogP contribution in [0, 0.1) is 0 Å². The van der Waals surface area contributed by atoms with Crippen LogP contribution in [0.5, 0.6) is 17.2 Å². The van der Waals surface area contributed by atoms with Crippen molar-refractivity contribution in [3.05, 3.63) is 47.0 Å². The summed E-state index contributed by atoms with van der Waals surface area (Å²) in [5.41, 5.74) is 1.74. The van der Waals surface area contributed by atoms with Crippen molar-refractivity contribution in [1.29, 1.82) is 0 Å². The quantitative estimate of drug-likeness (QED) is 0.903. The molecular formula is C14H12ClNO3. The Labute approximate surface area is 115 Å². The Balaban J connectivity index is 1.77. The zero-order valence-corrected chi connectivity index (χ0v) is 10.8. The molecule has 0 aromatic heterocycles. The number of anilines is 1. The van der Waals surface area contributed by atoms with Gasteiger partial charge in [-0.05, 0) is 17.7 Å². The van der Waals surface area contributed by atoms with Crippen molar-refractivity contribution in [2.45, 2.75) is 6.54 Å². The second-order valence-corrected chi connectivity index (χ2v) is 4.62. The number of phenols is 1. The summed E-state index contributed by atoms with van der Waals surface area (Å²) in [5, 5.41) is 13.2. The lowest BCUT2D eigenvalue weighted by Gasteiger charge is -2.09. The third kappa shape index (κ3) is 2.53. The molecule has 5 heteroatoms. The molecule has 0 radical (unpaired) electrons. The molecule has 4 nitrogen and oxygen atoms in total. The Morgan fingerprint density at radius 3 is 2.74 bits per heavy atom. The number of aromatic hydroxyl groups is 1. The summed E-state index contributed by atoms with van der Waals surface area (Å²) >= 11 is 6.16. The van der Waals surface area contributed by atoms with Crippen LogP contribution < -0.4 is 14.8 Å². The molecule has 0 spiro atoms. The van der Waals surface area contributed by atoms with E-state index in [1.165, 1.54) is 0 Å². The van der Waals surface area contributed by atoms with Gasteiger partial charge in [-0.15, -0.1) is 0 Å². The summed E-state index contributed by atoms with van der Waals surface area (Å²) in [6.07, 6.45) is 0. The molecule has 1 aliphatic rings. The van der Waals surface area contributed by atoms with Gasteiger partial charge in [-0.1, -0.05) is 23.7 Å². The van der Waals surface area contributed by atoms with E-state index in [4.69, 9.17) is 21.1 Å². The van der Waals surface area contributed by atoms with Gasteiger partial charge in [0, 0.05) is 18.7 Å². The van der Waals surface area contributed by atoms with Gasteiger partial charge in [0.2, 0.25) is 6.79 Å². The molecule has 19 heavy (non-hydrogen) atoms. The number of hydrogen-bond donors (Lipinski definition) is 2. The van der Waals surface area contributed by atoms with Crippen molar-refractivity contribution in [1.82, 2.24) is 0 Å². The van der Waals surface area contributed by atoms with Crippen molar-refractivity contribution in [3.63, 3.8) is 0 Å². The molecular weight excluding hydrogens is 266 g/mol. The Bertz CT molecular complexity index is 616. The van der Waals surface area contributed by atoms with E-state index in [1.807, 2.05) is 12.1 Å². The first kappa shape index (κ1) is 12.0. The molecule has 0 atom stereocenters. The Hall–Kier alpha value is -2.07. The number of rotatable bonds is 3. The fourth-order valence-corrected chi connectivity index (χ4v) is 2.14. The first-order chi connectivity index (χ1) is 9.22. The van der Waals surface area contributed by atoms with E-state index in [0.717, 1.165) is 11.3 Å². The number of benzene rings is 2. The van der Waals surface area contributed by atoms with Gasteiger partial charge in [0.1, 0.15) is 5.75 Å². The second-order valence-electron chi connectivity index (χ2n) is 4.21. The lowest BCUT2D eigenvalue weighted by Crippen LogP contribution is -1.99. The van der Waals surface area contributed by atoms with Crippen LogP contribution in [-0.2, 0) is 6.54 Å². The zero-order chi connectivity index (χ0) is 13.2. The maximum absolute atomic E-state index is 9.40. The van der Waals surface area contributed by atoms with E-state index in [0.29, 0.717) is 23.1 Å². The van der Waals surface area contributed by atoms with Crippen LogP contribution in [0.25, 0.3) is 0 Å².